The van der Waals surface area contributed by atoms with Gasteiger partial charge in [0.2, 0.25) is 0 Å². The van der Waals surface area contributed by atoms with Gasteiger partial charge in [-0.3, -0.25) is 0 Å². The largest absolute Gasteiger partial charge is 0.353 e. The molecule has 0 spiro atoms. The number of aromatic nitrogens is 2. The zero-order valence-electron chi connectivity index (χ0n) is 16.8. The van der Waals surface area contributed by atoms with Crippen LogP contribution in [-0.2, 0) is 0 Å². The van der Waals surface area contributed by atoms with Crippen molar-refractivity contribution in [1.29, 1.82) is 0 Å². The second-order valence-corrected chi connectivity index (χ2v) is 8.04. The molecule has 1 saturated heterocycles. The van der Waals surface area contributed by atoms with Gasteiger partial charge in [0.1, 0.15) is 5.82 Å². The van der Waals surface area contributed by atoms with Crippen LogP contribution in [0, 0.1) is 5.82 Å². The van der Waals surface area contributed by atoms with Crippen LogP contribution in [0.5, 0.6) is 0 Å². The first-order valence-electron chi connectivity index (χ1n) is 10.2. The Labute approximate surface area is 183 Å². The number of anilines is 2. The third-order valence-corrected chi connectivity index (χ3v) is 5.79. The minimum absolute atomic E-state index is 0.148. The first-order valence-corrected chi connectivity index (χ1v) is 10.6. The van der Waals surface area contributed by atoms with E-state index in [4.69, 9.17) is 16.6 Å². The Balaban J connectivity index is 1.38. The van der Waals surface area contributed by atoms with Crippen LogP contribution in [0.25, 0.3) is 16.6 Å². The van der Waals surface area contributed by atoms with E-state index in [0.29, 0.717) is 35.9 Å². The number of carbonyl (C=O) groups excluding carboxylic acids is 1. The van der Waals surface area contributed by atoms with Gasteiger partial charge in [-0.15, -0.1) is 0 Å². The summed E-state index contributed by atoms with van der Waals surface area (Å²) in [4.78, 5) is 21.5. The van der Waals surface area contributed by atoms with E-state index in [1.807, 2.05) is 28.8 Å². The van der Waals surface area contributed by atoms with Crippen molar-refractivity contribution in [3.63, 3.8) is 0 Å². The molecule has 0 unspecified atom stereocenters. The highest BCUT2D eigenvalue weighted by molar-refractivity contribution is 6.30. The number of hydrogen-bond donors (Lipinski definition) is 1. The lowest BCUT2D eigenvalue weighted by Crippen LogP contribution is -2.38. The fourth-order valence-electron chi connectivity index (χ4n) is 4.07. The van der Waals surface area contributed by atoms with E-state index in [9.17, 15) is 9.18 Å². The second-order valence-electron chi connectivity index (χ2n) is 7.60. The van der Waals surface area contributed by atoms with Crippen LogP contribution in [0.2, 0.25) is 5.02 Å². The summed E-state index contributed by atoms with van der Waals surface area (Å²) in [6.45, 7) is 2.60. The van der Waals surface area contributed by atoms with Crippen molar-refractivity contribution in [1.82, 2.24) is 14.3 Å². The normalized spacial score (nSPS) is 14.8. The van der Waals surface area contributed by atoms with Gasteiger partial charge < -0.3 is 19.5 Å². The SMILES string of the molecule is O=C(Nc1cccc(Cl)c1)N1CCCN(c2nc3cc(F)ccc3n3cccc23)CC1. The number of benzene rings is 2. The zero-order chi connectivity index (χ0) is 21.4. The van der Waals surface area contributed by atoms with Crippen molar-refractivity contribution in [3.8, 4) is 0 Å². The summed E-state index contributed by atoms with van der Waals surface area (Å²) in [6, 6.07) is 15.6. The number of nitrogens with zero attached hydrogens (tertiary/aromatic N) is 4. The second kappa shape index (κ2) is 8.07. The van der Waals surface area contributed by atoms with E-state index in [-0.39, 0.29) is 11.8 Å². The Hall–Kier alpha value is -3.32. The average Bonchev–Trinajstić information content (AvgIpc) is 3.11. The molecule has 0 bridgehead atoms. The Morgan fingerprint density at radius 1 is 1.00 bits per heavy atom. The Morgan fingerprint density at radius 2 is 1.90 bits per heavy atom. The third-order valence-electron chi connectivity index (χ3n) is 5.56. The predicted molar refractivity (Wildman–Crippen MR) is 122 cm³/mol. The molecule has 5 rings (SSSR count). The zero-order valence-corrected chi connectivity index (χ0v) is 17.5. The molecule has 1 aliphatic heterocycles. The molecule has 0 aliphatic carbocycles. The van der Waals surface area contributed by atoms with Crippen molar-refractivity contribution in [2.24, 2.45) is 0 Å². The molecule has 8 heteroatoms. The molecule has 4 aromatic rings. The first-order chi connectivity index (χ1) is 15.1. The highest BCUT2D eigenvalue weighted by Crippen LogP contribution is 2.27. The van der Waals surface area contributed by atoms with Gasteiger partial charge in [0.05, 0.1) is 16.6 Å². The number of hydrogen-bond acceptors (Lipinski definition) is 3. The monoisotopic (exact) mass is 437 g/mol. The summed E-state index contributed by atoms with van der Waals surface area (Å²) in [7, 11) is 0. The molecule has 3 heterocycles. The summed E-state index contributed by atoms with van der Waals surface area (Å²) < 4.78 is 15.9. The van der Waals surface area contributed by atoms with Crippen LogP contribution in [0.15, 0.2) is 60.8 Å². The number of rotatable bonds is 2. The molecule has 1 N–H and O–H groups in total. The van der Waals surface area contributed by atoms with Crippen LogP contribution in [0.3, 0.4) is 0 Å². The van der Waals surface area contributed by atoms with Crippen molar-refractivity contribution < 1.29 is 9.18 Å². The summed E-state index contributed by atoms with van der Waals surface area (Å²) in [6.07, 6.45) is 2.77. The van der Waals surface area contributed by atoms with Gasteiger partial charge >= 0.3 is 6.03 Å². The Kier molecular flexibility index (Phi) is 5.11. The molecule has 2 aromatic heterocycles. The van der Waals surface area contributed by atoms with E-state index in [0.717, 1.165) is 29.8 Å². The fourth-order valence-corrected chi connectivity index (χ4v) is 4.26. The molecule has 2 amide bonds. The molecule has 31 heavy (non-hydrogen) atoms. The summed E-state index contributed by atoms with van der Waals surface area (Å²) in [5.74, 6) is 0.498. The van der Waals surface area contributed by atoms with Gasteiger partial charge in [-0.05, 0) is 48.9 Å². The maximum absolute atomic E-state index is 13.8. The lowest BCUT2D eigenvalue weighted by atomic mass is 10.2. The van der Waals surface area contributed by atoms with Crippen molar-refractivity contribution in [3.05, 3.63) is 71.6 Å². The van der Waals surface area contributed by atoms with Crippen molar-refractivity contribution in [2.45, 2.75) is 6.42 Å². The number of halogens is 2. The lowest BCUT2D eigenvalue weighted by Gasteiger charge is -2.24. The van der Waals surface area contributed by atoms with Gasteiger partial charge in [0.25, 0.3) is 0 Å². The van der Waals surface area contributed by atoms with E-state index < -0.39 is 0 Å². The van der Waals surface area contributed by atoms with Crippen molar-refractivity contribution >= 4 is 45.7 Å². The number of urea groups is 1. The van der Waals surface area contributed by atoms with Crippen LogP contribution in [0.1, 0.15) is 6.42 Å². The lowest BCUT2D eigenvalue weighted by molar-refractivity contribution is 0.215. The van der Waals surface area contributed by atoms with Crippen LogP contribution < -0.4 is 10.2 Å². The number of carbonyl (C=O) groups is 1. The molecule has 1 fully saturated rings. The van der Waals surface area contributed by atoms with Gasteiger partial charge in [-0.2, -0.15) is 0 Å². The van der Waals surface area contributed by atoms with Crippen LogP contribution >= 0.6 is 11.6 Å². The van der Waals surface area contributed by atoms with Gasteiger partial charge in [0, 0.05) is 49.2 Å². The molecular formula is C23H21ClFN5O. The Bertz CT molecular complexity index is 1270. The van der Waals surface area contributed by atoms with Gasteiger partial charge in [-0.25, -0.2) is 14.2 Å². The molecule has 1 aliphatic rings. The average molecular weight is 438 g/mol. The molecule has 2 aromatic carbocycles. The summed E-state index contributed by atoms with van der Waals surface area (Å²) in [5, 5.41) is 3.49. The quantitative estimate of drug-likeness (QED) is 0.479. The maximum atomic E-state index is 13.8. The minimum atomic E-state index is -0.308. The van der Waals surface area contributed by atoms with Crippen molar-refractivity contribution in [2.75, 3.05) is 36.4 Å². The standard InChI is InChI=1S/C23H21ClFN5O/c24-16-4-1-5-18(14-16)26-23(31)29-10-3-9-28(12-13-29)22-21-6-2-11-30(21)20-8-7-17(25)15-19(20)27-22/h1-2,4-8,11,14-15H,3,9-10,12-13H2,(H,26,31). The highest BCUT2D eigenvalue weighted by atomic mass is 35.5. The molecular weight excluding hydrogens is 417 g/mol. The maximum Gasteiger partial charge on any atom is 0.321 e. The highest BCUT2D eigenvalue weighted by Gasteiger charge is 2.22. The van der Waals surface area contributed by atoms with E-state index in [2.05, 4.69) is 10.2 Å². The van der Waals surface area contributed by atoms with E-state index in [1.54, 1.807) is 29.2 Å². The van der Waals surface area contributed by atoms with Crippen LogP contribution in [-0.4, -0.2) is 46.5 Å². The molecule has 158 valence electrons. The Morgan fingerprint density at radius 3 is 2.77 bits per heavy atom. The topological polar surface area (TPSA) is 52.9 Å². The minimum Gasteiger partial charge on any atom is -0.353 e. The predicted octanol–water partition coefficient (Wildman–Crippen LogP) is 5.02. The molecule has 6 nitrogen and oxygen atoms in total. The van der Waals surface area contributed by atoms with E-state index in [1.165, 1.54) is 12.1 Å². The number of nitrogens with one attached hydrogen (secondary N) is 1. The summed E-state index contributed by atoms with van der Waals surface area (Å²) >= 11 is 6.01. The molecule has 0 saturated carbocycles. The first kappa shape index (κ1) is 19.6. The number of fused-ring (bicyclic) bond motifs is 3. The molecule has 0 atom stereocenters. The fraction of sp³-hybridized carbons (Fsp3) is 0.217. The van der Waals surface area contributed by atoms with Gasteiger partial charge in [-0.1, -0.05) is 17.7 Å². The van der Waals surface area contributed by atoms with Gasteiger partial charge in [0.15, 0.2) is 5.82 Å². The third kappa shape index (κ3) is 3.88. The van der Waals surface area contributed by atoms with E-state index >= 15 is 0 Å². The number of amides is 2. The van der Waals surface area contributed by atoms with Crippen LogP contribution in [0.4, 0.5) is 20.7 Å². The smallest absolute Gasteiger partial charge is 0.321 e. The summed E-state index contributed by atoms with van der Waals surface area (Å²) in [5.41, 5.74) is 3.11. The molecule has 0 radical (unpaired) electrons.